The lowest BCUT2D eigenvalue weighted by Gasteiger charge is -2.34. The van der Waals surface area contributed by atoms with Gasteiger partial charge in [0.15, 0.2) is 6.10 Å². The van der Waals surface area contributed by atoms with Crippen LogP contribution in [0, 0.1) is 18.3 Å². The van der Waals surface area contributed by atoms with Crippen LogP contribution in [0.1, 0.15) is 55.6 Å². The molecule has 0 spiro atoms. The zero-order chi connectivity index (χ0) is 29.8. The van der Waals surface area contributed by atoms with Crippen molar-refractivity contribution in [3.63, 3.8) is 0 Å². The minimum absolute atomic E-state index is 0.00978. The molecule has 0 radical (unpaired) electrons. The summed E-state index contributed by atoms with van der Waals surface area (Å²) >= 11 is 0. The second kappa shape index (κ2) is 12.3. The second-order valence-corrected chi connectivity index (χ2v) is 11.2. The lowest BCUT2D eigenvalue weighted by atomic mass is 9.81. The maximum Gasteiger partial charge on any atom is 0.272 e. The third kappa shape index (κ3) is 6.43. The van der Waals surface area contributed by atoms with Crippen LogP contribution in [-0.2, 0) is 16.0 Å². The smallest absolute Gasteiger partial charge is 0.272 e. The molecule has 8 nitrogen and oxygen atoms in total. The summed E-state index contributed by atoms with van der Waals surface area (Å²) < 4.78 is 30.4. The van der Waals surface area contributed by atoms with Gasteiger partial charge in [-0.2, -0.15) is 0 Å². The van der Waals surface area contributed by atoms with E-state index in [9.17, 15) is 24.6 Å². The van der Waals surface area contributed by atoms with E-state index in [4.69, 9.17) is 0 Å². The van der Waals surface area contributed by atoms with Crippen molar-refractivity contribution in [3.05, 3.63) is 65.2 Å². The van der Waals surface area contributed by atoms with Crippen molar-refractivity contribution < 1.29 is 33.4 Å². The summed E-state index contributed by atoms with van der Waals surface area (Å²) in [5.74, 6) is -5.86. The molecule has 4 N–H and O–H groups in total. The van der Waals surface area contributed by atoms with E-state index in [0.717, 1.165) is 11.3 Å². The fourth-order valence-corrected chi connectivity index (χ4v) is 4.86. The van der Waals surface area contributed by atoms with Crippen molar-refractivity contribution in [1.29, 1.82) is 0 Å². The molecular formula is C30H39F2N3O5. The lowest BCUT2D eigenvalue weighted by molar-refractivity contribution is -0.148. The summed E-state index contributed by atoms with van der Waals surface area (Å²) in [4.78, 5) is 40.8. The number of carbonyl (C=O) groups is 3. The fraction of sp³-hybridized carbons (Fsp3) is 0.500. The molecule has 3 rings (SSSR count). The van der Waals surface area contributed by atoms with E-state index in [0.29, 0.717) is 11.1 Å². The average Bonchev–Trinajstić information content (AvgIpc) is 3.11. The number of phenols is 1. The first-order chi connectivity index (χ1) is 18.7. The predicted molar refractivity (Wildman–Crippen MR) is 147 cm³/mol. The van der Waals surface area contributed by atoms with Gasteiger partial charge < -0.3 is 25.7 Å². The average molecular weight is 560 g/mol. The number of aliphatic hydroxyl groups excluding tert-OH is 1. The molecule has 1 heterocycles. The highest BCUT2D eigenvalue weighted by Crippen LogP contribution is 2.48. The van der Waals surface area contributed by atoms with Gasteiger partial charge in [-0.15, -0.1) is 0 Å². The highest BCUT2D eigenvalue weighted by atomic mass is 19.3. The van der Waals surface area contributed by atoms with Gasteiger partial charge in [0.1, 0.15) is 11.8 Å². The van der Waals surface area contributed by atoms with E-state index in [1.165, 1.54) is 32.0 Å². The van der Waals surface area contributed by atoms with Gasteiger partial charge in [0.2, 0.25) is 5.91 Å². The van der Waals surface area contributed by atoms with Crippen molar-refractivity contribution in [2.24, 2.45) is 11.3 Å². The molecule has 0 saturated carbocycles. The van der Waals surface area contributed by atoms with Gasteiger partial charge in [0.25, 0.3) is 17.7 Å². The Morgan fingerprint density at radius 1 is 1.10 bits per heavy atom. The van der Waals surface area contributed by atoms with Gasteiger partial charge in [-0.05, 0) is 37.0 Å². The van der Waals surface area contributed by atoms with Gasteiger partial charge in [-0.25, -0.2) is 8.78 Å². The number of benzene rings is 2. The number of aliphatic hydroxyl groups is 1. The Labute approximate surface area is 233 Å². The van der Waals surface area contributed by atoms with Gasteiger partial charge in [-0.3, -0.25) is 14.4 Å². The number of hydrogen-bond acceptors (Lipinski definition) is 5. The molecule has 218 valence electrons. The van der Waals surface area contributed by atoms with Crippen LogP contribution in [0.3, 0.4) is 0 Å². The normalized spacial score (nSPS) is 19.9. The number of alkyl halides is 2. The highest BCUT2D eigenvalue weighted by Gasteiger charge is 2.64. The van der Waals surface area contributed by atoms with E-state index in [1.807, 2.05) is 13.8 Å². The molecule has 1 unspecified atom stereocenters. The minimum atomic E-state index is -3.41. The molecule has 2 aromatic carbocycles. The molecule has 1 saturated heterocycles. The predicted octanol–water partition coefficient (Wildman–Crippen LogP) is 3.44. The molecular weight excluding hydrogens is 520 g/mol. The molecule has 1 fully saturated rings. The highest BCUT2D eigenvalue weighted by molar-refractivity contribution is 5.97. The maximum absolute atomic E-state index is 15.2. The summed E-state index contributed by atoms with van der Waals surface area (Å²) in [7, 11) is 0. The topological polar surface area (TPSA) is 119 Å². The molecule has 0 bridgehead atoms. The number of amides is 3. The summed E-state index contributed by atoms with van der Waals surface area (Å²) in [5, 5.41) is 26.7. The number of carbonyl (C=O) groups excluding carboxylic acids is 3. The van der Waals surface area contributed by atoms with Crippen molar-refractivity contribution in [2.45, 2.75) is 71.6 Å². The molecule has 4 atom stereocenters. The van der Waals surface area contributed by atoms with Crippen molar-refractivity contribution >= 4 is 17.7 Å². The number of nitrogens with zero attached hydrogens (tertiary/aromatic N) is 1. The van der Waals surface area contributed by atoms with Crippen LogP contribution in [-0.4, -0.2) is 70.0 Å². The Bertz CT molecular complexity index is 1220. The van der Waals surface area contributed by atoms with Crippen LogP contribution >= 0.6 is 0 Å². The summed E-state index contributed by atoms with van der Waals surface area (Å²) in [6, 6.07) is 10.4. The fourth-order valence-electron chi connectivity index (χ4n) is 4.86. The first-order valence-corrected chi connectivity index (χ1v) is 13.5. The van der Waals surface area contributed by atoms with Crippen molar-refractivity contribution in [3.8, 4) is 5.75 Å². The lowest BCUT2D eigenvalue weighted by Crippen LogP contribution is -2.58. The molecule has 0 aromatic heterocycles. The number of hydrogen-bond donors (Lipinski definition) is 4. The monoisotopic (exact) mass is 559 g/mol. The number of rotatable bonds is 10. The van der Waals surface area contributed by atoms with Crippen LogP contribution in [0.5, 0.6) is 5.75 Å². The molecule has 40 heavy (non-hydrogen) atoms. The van der Waals surface area contributed by atoms with Crippen molar-refractivity contribution in [1.82, 2.24) is 15.5 Å². The van der Waals surface area contributed by atoms with Crippen LogP contribution in [0.25, 0.3) is 0 Å². The molecule has 3 amide bonds. The standard InChI is InChI=1S/C30H39F2N3O5/c1-6-18(2)16-33-27(39)25-29(4,5)30(31,32)17-35(25)28(40)24(37)22(15-20-11-8-7-9-12-20)34-26(38)21-13-10-14-23(36)19(21)3/h7-14,18,22,24-25,36-37H,6,15-17H2,1-5H3,(H,33,39)(H,34,38)/t18-,22-,24-,25?/m0/s1. The largest absolute Gasteiger partial charge is 0.508 e. The molecule has 1 aliphatic rings. The first kappa shape index (κ1) is 31.0. The number of likely N-dealkylation sites (tertiary alicyclic amines) is 1. The zero-order valence-corrected chi connectivity index (χ0v) is 23.6. The Morgan fingerprint density at radius 3 is 2.38 bits per heavy atom. The quantitative estimate of drug-likeness (QED) is 0.356. The van der Waals surface area contributed by atoms with E-state index in [-0.39, 0.29) is 30.2 Å². The van der Waals surface area contributed by atoms with E-state index < -0.39 is 53.8 Å². The van der Waals surface area contributed by atoms with E-state index >= 15 is 8.78 Å². The Kier molecular flexibility index (Phi) is 9.56. The van der Waals surface area contributed by atoms with Gasteiger partial charge in [0.05, 0.1) is 18.0 Å². The van der Waals surface area contributed by atoms with Gasteiger partial charge >= 0.3 is 0 Å². The van der Waals surface area contributed by atoms with Crippen LogP contribution in [0.2, 0.25) is 0 Å². The Morgan fingerprint density at radius 2 is 1.75 bits per heavy atom. The minimum Gasteiger partial charge on any atom is -0.508 e. The summed E-state index contributed by atoms with van der Waals surface area (Å²) in [5.41, 5.74) is -0.784. The van der Waals surface area contributed by atoms with E-state index in [1.54, 1.807) is 37.3 Å². The summed E-state index contributed by atoms with van der Waals surface area (Å²) in [6.45, 7) is 7.07. The van der Waals surface area contributed by atoms with E-state index in [2.05, 4.69) is 10.6 Å². The third-order valence-corrected chi connectivity index (χ3v) is 7.96. The van der Waals surface area contributed by atoms with Gasteiger partial charge in [-0.1, -0.05) is 70.5 Å². The van der Waals surface area contributed by atoms with Crippen LogP contribution in [0.4, 0.5) is 8.78 Å². The molecule has 0 aliphatic carbocycles. The van der Waals surface area contributed by atoms with Crippen LogP contribution in [0.15, 0.2) is 48.5 Å². The van der Waals surface area contributed by atoms with Gasteiger partial charge in [0, 0.05) is 17.7 Å². The number of phenolic OH excluding ortho intramolecular Hbond substituents is 1. The summed E-state index contributed by atoms with van der Waals surface area (Å²) in [6.07, 6.45) is -1.15. The Balaban J connectivity index is 1.93. The van der Waals surface area contributed by atoms with Crippen molar-refractivity contribution in [2.75, 3.05) is 13.1 Å². The zero-order valence-electron chi connectivity index (χ0n) is 23.6. The number of halogens is 2. The second-order valence-electron chi connectivity index (χ2n) is 11.2. The number of nitrogens with one attached hydrogen (secondary N) is 2. The third-order valence-electron chi connectivity index (χ3n) is 7.96. The Hall–Kier alpha value is -3.53. The first-order valence-electron chi connectivity index (χ1n) is 13.5. The molecule has 10 heteroatoms. The maximum atomic E-state index is 15.2. The molecule has 2 aromatic rings. The van der Waals surface area contributed by atoms with Crippen LogP contribution < -0.4 is 10.6 Å². The number of aromatic hydroxyl groups is 1. The molecule has 1 aliphatic heterocycles. The SMILES string of the molecule is CC[C@H](C)CNC(=O)C1N(C(=O)[C@@H](O)[C@H](Cc2ccccc2)NC(=O)c2cccc(O)c2C)CC(F)(F)C1(C)C.